The van der Waals surface area contributed by atoms with Crippen molar-refractivity contribution in [1.29, 1.82) is 0 Å². The summed E-state index contributed by atoms with van der Waals surface area (Å²) >= 11 is 5.89. The minimum absolute atomic E-state index is 0.166. The van der Waals surface area contributed by atoms with Crippen LogP contribution in [0, 0.1) is 0 Å². The van der Waals surface area contributed by atoms with Crippen molar-refractivity contribution >= 4 is 28.4 Å². The molecule has 5 heteroatoms. The molecule has 0 saturated heterocycles. The zero-order chi connectivity index (χ0) is 13.3. The van der Waals surface area contributed by atoms with Gasteiger partial charge < -0.3 is 16.0 Å². The van der Waals surface area contributed by atoms with E-state index in [-0.39, 0.29) is 5.91 Å². The number of rotatable bonds is 3. The number of hydrogen-bond donors (Lipinski definition) is 3. The van der Waals surface area contributed by atoms with Crippen molar-refractivity contribution in [2.45, 2.75) is 19.4 Å². The minimum Gasteiger partial charge on any atom is -0.350 e. The number of carbonyl (C=O) groups is 1. The van der Waals surface area contributed by atoms with E-state index in [4.69, 9.17) is 17.3 Å². The number of aromatic nitrogens is 1. The minimum atomic E-state index is -0.426. The standard InChI is InChI=1S/C13H16ClN3O/c1-13(2,15)7-16-12(18)11-5-8-3-4-9(14)6-10(8)17-11/h3-6,17H,7,15H2,1-2H3,(H,16,18). The Bertz CT molecular complexity index is 583. The SMILES string of the molecule is CC(C)(N)CNC(=O)c1cc2ccc(Cl)cc2[nH]1. The van der Waals surface area contributed by atoms with Crippen molar-refractivity contribution in [2.24, 2.45) is 5.73 Å². The van der Waals surface area contributed by atoms with E-state index in [0.717, 1.165) is 10.9 Å². The van der Waals surface area contributed by atoms with Crippen LogP contribution in [0.5, 0.6) is 0 Å². The third-order valence-corrected chi connectivity index (χ3v) is 2.77. The van der Waals surface area contributed by atoms with Crippen LogP contribution in [0.4, 0.5) is 0 Å². The lowest BCUT2D eigenvalue weighted by Crippen LogP contribution is -2.45. The first-order valence-corrected chi connectivity index (χ1v) is 6.08. The van der Waals surface area contributed by atoms with Gasteiger partial charge in [0, 0.05) is 28.0 Å². The van der Waals surface area contributed by atoms with E-state index in [1.54, 1.807) is 18.2 Å². The lowest BCUT2D eigenvalue weighted by molar-refractivity contribution is 0.0942. The van der Waals surface area contributed by atoms with Crippen LogP contribution in [0.25, 0.3) is 10.9 Å². The lowest BCUT2D eigenvalue weighted by Gasteiger charge is -2.18. The molecule has 0 fully saturated rings. The second-order valence-electron chi connectivity index (χ2n) is 5.09. The number of halogens is 1. The number of fused-ring (bicyclic) bond motifs is 1. The Balaban J connectivity index is 2.18. The largest absolute Gasteiger partial charge is 0.350 e. The molecule has 1 amide bonds. The zero-order valence-electron chi connectivity index (χ0n) is 10.4. The van der Waals surface area contributed by atoms with E-state index in [1.165, 1.54) is 0 Å². The maximum Gasteiger partial charge on any atom is 0.267 e. The smallest absolute Gasteiger partial charge is 0.267 e. The number of amides is 1. The molecule has 1 heterocycles. The highest BCUT2D eigenvalue weighted by molar-refractivity contribution is 6.31. The molecule has 0 radical (unpaired) electrons. The highest BCUT2D eigenvalue weighted by Crippen LogP contribution is 2.19. The van der Waals surface area contributed by atoms with Crippen molar-refractivity contribution in [3.63, 3.8) is 0 Å². The third kappa shape index (κ3) is 3.03. The maximum atomic E-state index is 11.9. The Morgan fingerprint density at radius 3 is 2.83 bits per heavy atom. The van der Waals surface area contributed by atoms with E-state index in [1.807, 2.05) is 19.9 Å². The van der Waals surface area contributed by atoms with Gasteiger partial charge in [0.1, 0.15) is 5.69 Å². The average molecular weight is 266 g/mol. The van der Waals surface area contributed by atoms with E-state index < -0.39 is 5.54 Å². The average Bonchev–Trinajstić information content (AvgIpc) is 2.67. The first-order chi connectivity index (χ1) is 8.35. The third-order valence-electron chi connectivity index (χ3n) is 2.53. The molecule has 96 valence electrons. The molecule has 0 saturated carbocycles. The highest BCUT2D eigenvalue weighted by atomic mass is 35.5. The predicted octanol–water partition coefficient (Wildman–Crippen LogP) is 2.29. The van der Waals surface area contributed by atoms with Gasteiger partial charge in [0.05, 0.1) is 0 Å². The fourth-order valence-electron chi connectivity index (χ4n) is 1.62. The Morgan fingerprint density at radius 2 is 2.17 bits per heavy atom. The van der Waals surface area contributed by atoms with Gasteiger partial charge in [-0.15, -0.1) is 0 Å². The Kier molecular flexibility index (Phi) is 3.32. The molecule has 1 aromatic heterocycles. The molecule has 4 nitrogen and oxygen atoms in total. The van der Waals surface area contributed by atoms with Gasteiger partial charge in [0.25, 0.3) is 5.91 Å². The zero-order valence-corrected chi connectivity index (χ0v) is 11.1. The molecule has 1 aromatic carbocycles. The van der Waals surface area contributed by atoms with Crippen molar-refractivity contribution < 1.29 is 4.79 Å². The van der Waals surface area contributed by atoms with Gasteiger partial charge in [-0.2, -0.15) is 0 Å². The van der Waals surface area contributed by atoms with Crippen LogP contribution in [0.1, 0.15) is 24.3 Å². The summed E-state index contributed by atoms with van der Waals surface area (Å²) in [6.45, 7) is 4.14. The summed E-state index contributed by atoms with van der Waals surface area (Å²) < 4.78 is 0. The van der Waals surface area contributed by atoms with Crippen LogP contribution in [0.2, 0.25) is 5.02 Å². The molecule has 0 aliphatic rings. The highest BCUT2D eigenvalue weighted by Gasteiger charge is 2.14. The van der Waals surface area contributed by atoms with Crippen LogP contribution in [0.3, 0.4) is 0 Å². The molecule has 0 atom stereocenters. The van der Waals surface area contributed by atoms with Crippen LogP contribution in [-0.2, 0) is 0 Å². The summed E-state index contributed by atoms with van der Waals surface area (Å²) in [5.74, 6) is -0.166. The number of nitrogens with one attached hydrogen (secondary N) is 2. The second kappa shape index (κ2) is 4.63. The number of hydrogen-bond acceptors (Lipinski definition) is 2. The quantitative estimate of drug-likeness (QED) is 0.797. The second-order valence-corrected chi connectivity index (χ2v) is 5.52. The van der Waals surface area contributed by atoms with Gasteiger partial charge in [-0.1, -0.05) is 17.7 Å². The summed E-state index contributed by atoms with van der Waals surface area (Å²) in [6.07, 6.45) is 0. The van der Waals surface area contributed by atoms with E-state index >= 15 is 0 Å². The van der Waals surface area contributed by atoms with Gasteiger partial charge in [-0.05, 0) is 32.0 Å². The summed E-state index contributed by atoms with van der Waals surface area (Å²) in [5, 5.41) is 4.38. The van der Waals surface area contributed by atoms with E-state index in [9.17, 15) is 4.79 Å². The van der Waals surface area contributed by atoms with Crippen LogP contribution in [0.15, 0.2) is 24.3 Å². The van der Waals surface area contributed by atoms with Crippen LogP contribution >= 0.6 is 11.6 Å². The summed E-state index contributed by atoms with van der Waals surface area (Å²) in [7, 11) is 0. The molecule has 4 N–H and O–H groups in total. The monoisotopic (exact) mass is 265 g/mol. The van der Waals surface area contributed by atoms with Crippen molar-refractivity contribution in [2.75, 3.05) is 6.54 Å². The number of carbonyl (C=O) groups excluding carboxylic acids is 1. The number of H-pyrrole nitrogens is 1. The fourth-order valence-corrected chi connectivity index (χ4v) is 1.80. The molecule has 0 unspecified atom stereocenters. The predicted molar refractivity (Wildman–Crippen MR) is 73.9 cm³/mol. The first kappa shape index (κ1) is 12.9. The number of nitrogens with two attached hydrogens (primary N) is 1. The van der Waals surface area contributed by atoms with Crippen LogP contribution in [-0.4, -0.2) is 23.0 Å². The molecule has 18 heavy (non-hydrogen) atoms. The molecule has 2 rings (SSSR count). The fraction of sp³-hybridized carbons (Fsp3) is 0.308. The Labute approximate surface area is 111 Å². The van der Waals surface area contributed by atoms with Crippen molar-refractivity contribution in [3.05, 3.63) is 35.0 Å². The van der Waals surface area contributed by atoms with Crippen LogP contribution < -0.4 is 11.1 Å². The summed E-state index contributed by atoms with van der Waals surface area (Å²) in [5.41, 5.74) is 6.75. The Morgan fingerprint density at radius 1 is 1.44 bits per heavy atom. The maximum absolute atomic E-state index is 11.9. The van der Waals surface area contributed by atoms with Gasteiger partial charge in [-0.3, -0.25) is 4.79 Å². The molecular formula is C13H16ClN3O. The molecule has 0 bridgehead atoms. The molecule has 0 aliphatic carbocycles. The summed E-state index contributed by atoms with van der Waals surface area (Å²) in [4.78, 5) is 15.0. The van der Waals surface area contributed by atoms with E-state index in [2.05, 4.69) is 10.3 Å². The van der Waals surface area contributed by atoms with Gasteiger partial charge >= 0.3 is 0 Å². The molecule has 0 aliphatic heterocycles. The number of aromatic amines is 1. The van der Waals surface area contributed by atoms with Gasteiger partial charge in [0.15, 0.2) is 0 Å². The summed E-state index contributed by atoms with van der Waals surface area (Å²) in [6, 6.07) is 7.26. The van der Waals surface area contributed by atoms with Crippen molar-refractivity contribution in [1.82, 2.24) is 10.3 Å². The molecule has 2 aromatic rings. The first-order valence-electron chi connectivity index (χ1n) is 5.70. The van der Waals surface area contributed by atoms with E-state index in [0.29, 0.717) is 17.3 Å². The normalized spacial score (nSPS) is 11.8. The number of benzene rings is 1. The van der Waals surface area contributed by atoms with Gasteiger partial charge in [0.2, 0.25) is 0 Å². The Hall–Kier alpha value is -1.52. The topological polar surface area (TPSA) is 70.9 Å². The lowest BCUT2D eigenvalue weighted by atomic mass is 10.1. The molecule has 0 spiro atoms. The van der Waals surface area contributed by atoms with Gasteiger partial charge in [-0.25, -0.2) is 0 Å². The van der Waals surface area contributed by atoms with Crippen molar-refractivity contribution in [3.8, 4) is 0 Å². The molecular weight excluding hydrogens is 250 g/mol.